The SMILES string of the molecule is CC1(C(=O)Nc2ccc(F)c(C3C[S+]([O-])C(C)(C)C(=N)N3)c2)COC1. The lowest BCUT2D eigenvalue weighted by atomic mass is 9.87. The Balaban J connectivity index is 1.80. The van der Waals surface area contributed by atoms with Gasteiger partial charge in [0.15, 0.2) is 10.6 Å². The summed E-state index contributed by atoms with van der Waals surface area (Å²) in [5.41, 5.74) is 0.200. The van der Waals surface area contributed by atoms with Crippen LogP contribution >= 0.6 is 0 Å². The molecule has 6 nitrogen and oxygen atoms in total. The van der Waals surface area contributed by atoms with Gasteiger partial charge in [0.2, 0.25) is 5.91 Å². The molecule has 25 heavy (non-hydrogen) atoms. The van der Waals surface area contributed by atoms with Gasteiger partial charge in [0.05, 0.1) is 18.6 Å². The second kappa shape index (κ2) is 6.26. The minimum atomic E-state index is -1.30. The van der Waals surface area contributed by atoms with Gasteiger partial charge in [-0.3, -0.25) is 10.2 Å². The number of rotatable bonds is 3. The number of halogens is 1. The molecule has 2 aliphatic rings. The van der Waals surface area contributed by atoms with Crippen LogP contribution in [0.25, 0.3) is 0 Å². The Bertz CT molecular complexity index is 721. The number of hydrogen-bond donors (Lipinski definition) is 3. The Morgan fingerprint density at radius 2 is 2.12 bits per heavy atom. The van der Waals surface area contributed by atoms with E-state index in [9.17, 15) is 13.7 Å². The second-order valence-electron chi connectivity index (χ2n) is 7.34. The van der Waals surface area contributed by atoms with Gasteiger partial charge in [-0.15, -0.1) is 0 Å². The minimum absolute atomic E-state index is 0.120. The number of benzene rings is 1. The topological polar surface area (TPSA) is 97.3 Å². The zero-order chi connectivity index (χ0) is 18.4. The molecule has 136 valence electrons. The molecule has 0 aromatic heterocycles. The molecule has 2 fully saturated rings. The molecule has 8 heteroatoms. The highest BCUT2D eigenvalue weighted by Crippen LogP contribution is 2.33. The van der Waals surface area contributed by atoms with E-state index in [0.717, 1.165) is 0 Å². The monoisotopic (exact) mass is 367 g/mol. The lowest BCUT2D eigenvalue weighted by Crippen LogP contribution is -2.56. The quantitative estimate of drug-likeness (QED) is 0.711. The smallest absolute Gasteiger partial charge is 0.234 e. The van der Waals surface area contributed by atoms with Gasteiger partial charge in [-0.1, -0.05) is 0 Å². The first-order chi connectivity index (χ1) is 11.6. The number of ether oxygens (including phenoxy) is 1. The number of amides is 1. The molecule has 1 amide bonds. The molecule has 0 saturated carbocycles. The molecule has 2 unspecified atom stereocenters. The molecule has 3 rings (SSSR count). The van der Waals surface area contributed by atoms with E-state index in [4.69, 9.17) is 10.1 Å². The highest BCUT2D eigenvalue weighted by molar-refractivity contribution is 7.93. The van der Waals surface area contributed by atoms with E-state index < -0.39 is 33.2 Å². The van der Waals surface area contributed by atoms with Crippen molar-refractivity contribution in [2.24, 2.45) is 5.41 Å². The number of anilines is 1. The van der Waals surface area contributed by atoms with Gasteiger partial charge in [0.25, 0.3) is 0 Å². The lowest BCUT2D eigenvalue weighted by Gasteiger charge is -2.38. The highest BCUT2D eigenvalue weighted by Gasteiger charge is 2.45. The maximum Gasteiger partial charge on any atom is 0.234 e. The summed E-state index contributed by atoms with van der Waals surface area (Å²) in [6.45, 7) is 5.99. The van der Waals surface area contributed by atoms with Crippen molar-refractivity contribution in [3.05, 3.63) is 29.6 Å². The molecule has 2 atom stereocenters. The third-order valence-electron chi connectivity index (χ3n) is 4.83. The summed E-state index contributed by atoms with van der Waals surface area (Å²) >= 11 is -1.30. The molecule has 0 spiro atoms. The molecule has 2 saturated heterocycles. The van der Waals surface area contributed by atoms with Crippen LogP contribution in [-0.2, 0) is 20.7 Å². The van der Waals surface area contributed by atoms with Crippen LogP contribution in [0.1, 0.15) is 32.4 Å². The molecule has 2 heterocycles. The van der Waals surface area contributed by atoms with E-state index in [-0.39, 0.29) is 17.5 Å². The zero-order valence-electron chi connectivity index (χ0n) is 14.4. The first-order valence-electron chi connectivity index (χ1n) is 8.06. The molecular weight excluding hydrogens is 345 g/mol. The summed E-state index contributed by atoms with van der Waals surface area (Å²) in [6.07, 6.45) is 0. The third-order valence-corrected chi connectivity index (χ3v) is 6.81. The third kappa shape index (κ3) is 3.26. The Labute approximate surface area is 149 Å². The van der Waals surface area contributed by atoms with Gasteiger partial charge < -0.3 is 19.9 Å². The maximum absolute atomic E-state index is 14.3. The summed E-state index contributed by atoms with van der Waals surface area (Å²) < 4.78 is 31.0. The molecule has 1 aromatic rings. The standard InChI is InChI=1S/C17H22FN3O3S/c1-16(2)14(19)21-13(7-25(16)23)11-6-10(4-5-12(11)18)20-15(22)17(3)8-24-9-17/h4-6,13H,7-9H2,1-3H3,(H2,19,21)(H,20,22). The Hall–Kier alpha value is -1.64. The zero-order valence-corrected chi connectivity index (χ0v) is 15.3. The van der Waals surface area contributed by atoms with Crippen molar-refractivity contribution in [1.82, 2.24) is 5.32 Å². The highest BCUT2D eigenvalue weighted by atomic mass is 32.2. The molecule has 0 radical (unpaired) electrons. The molecule has 2 aliphatic heterocycles. The van der Waals surface area contributed by atoms with E-state index in [2.05, 4.69) is 10.6 Å². The summed E-state index contributed by atoms with van der Waals surface area (Å²) in [5.74, 6) is -0.312. The predicted octanol–water partition coefficient (Wildman–Crippen LogP) is 1.95. The average Bonchev–Trinajstić information content (AvgIpc) is 2.52. The Kier molecular flexibility index (Phi) is 4.55. The largest absolute Gasteiger partial charge is 0.616 e. The van der Waals surface area contributed by atoms with Crippen LogP contribution in [0.15, 0.2) is 18.2 Å². The first kappa shape index (κ1) is 18.2. The number of hydrogen-bond acceptors (Lipinski definition) is 4. The van der Waals surface area contributed by atoms with E-state index >= 15 is 0 Å². The number of carbonyl (C=O) groups excluding carboxylic acids is 1. The summed E-state index contributed by atoms with van der Waals surface area (Å²) in [4.78, 5) is 12.3. The van der Waals surface area contributed by atoms with Crippen LogP contribution in [-0.4, -0.2) is 40.0 Å². The van der Waals surface area contributed by atoms with Crippen LogP contribution in [0.2, 0.25) is 0 Å². The van der Waals surface area contributed by atoms with E-state index in [1.165, 1.54) is 18.2 Å². The fourth-order valence-electron chi connectivity index (χ4n) is 2.74. The molecule has 1 aromatic carbocycles. The van der Waals surface area contributed by atoms with Crippen molar-refractivity contribution >= 4 is 28.6 Å². The minimum Gasteiger partial charge on any atom is -0.616 e. The number of amidine groups is 1. The Morgan fingerprint density at radius 1 is 1.44 bits per heavy atom. The van der Waals surface area contributed by atoms with Crippen LogP contribution in [0.4, 0.5) is 10.1 Å². The summed E-state index contributed by atoms with van der Waals surface area (Å²) in [5, 5.41) is 13.8. The lowest BCUT2D eigenvalue weighted by molar-refractivity contribution is -0.151. The van der Waals surface area contributed by atoms with Gasteiger partial charge in [-0.05, 0) is 50.1 Å². The first-order valence-corrected chi connectivity index (χ1v) is 9.38. The predicted molar refractivity (Wildman–Crippen MR) is 94.6 cm³/mol. The van der Waals surface area contributed by atoms with Gasteiger partial charge in [0.1, 0.15) is 17.6 Å². The van der Waals surface area contributed by atoms with Gasteiger partial charge in [-0.25, -0.2) is 4.39 Å². The van der Waals surface area contributed by atoms with E-state index in [0.29, 0.717) is 24.5 Å². The van der Waals surface area contributed by atoms with Crippen molar-refractivity contribution in [2.75, 3.05) is 24.3 Å². The van der Waals surface area contributed by atoms with Crippen molar-refractivity contribution in [3.8, 4) is 0 Å². The van der Waals surface area contributed by atoms with Crippen LogP contribution in [0, 0.1) is 16.6 Å². The second-order valence-corrected chi connectivity index (χ2v) is 9.38. The van der Waals surface area contributed by atoms with Crippen molar-refractivity contribution < 1.29 is 18.5 Å². The fourth-order valence-corrected chi connectivity index (χ4v) is 4.01. The van der Waals surface area contributed by atoms with Crippen LogP contribution in [0.3, 0.4) is 0 Å². The maximum atomic E-state index is 14.3. The van der Waals surface area contributed by atoms with Crippen molar-refractivity contribution in [2.45, 2.75) is 31.6 Å². The van der Waals surface area contributed by atoms with Gasteiger partial charge >= 0.3 is 0 Å². The van der Waals surface area contributed by atoms with Crippen molar-refractivity contribution in [1.29, 1.82) is 5.41 Å². The van der Waals surface area contributed by atoms with Crippen LogP contribution < -0.4 is 10.6 Å². The fraction of sp³-hybridized carbons (Fsp3) is 0.529. The average molecular weight is 367 g/mol. The molecule has 0 bridgehead atoms. The normalized spacial score (nSPS) is 27.2. The van der Waals surface area contributed by atoms with Crippen LogP contribution in [0.5, 0.6) is 0 Å². The Morgan fingerprint density at radius 3 is 2.68 bits per heavy atom. The molecule has 3 N–H and O–H groups in total. The van der Waals surface area contributed by atoms with Gasteiger partial charge in [-0.2, -0.15) is 0 Å². The van der Waals surface area contributed by atoms with Crippen molar-refractivity contribution in [3.63, 3.8) is 0 Å². The molecule has 0 aliphatic carbocycles. The van der Waals surface area contributed by atoms with E-state index in [1.807, 2.05) is 6.92 Å². The summed E-state index contributed by atoms with van der Waals surface area (Å²) in [6, 6.07) is 3.74. The van der Waals surface area contributed by atoms with Gasteiger partial charge in [0, 0.05) is 11.3 Å². The number of carbonyl (C=O) groups is 1. The molecular formula is C17H22FN3O3S. The van der Waals surface area contributed by atoms with E-state index in [1.54, 1.807) is 13.8 Å². The number of nitrogens with one attached hydrogen (secondary N) is 3. The summed E-state index contributed by atoms with van der Waals surface area (Å²) in [7, 11) is 0.